The highest BCUT2D eigenvalue weighted by atomic mass is 35.5. The SMILES string of the molecule is O=C(NCCCCCCCCCCCCCCCCO)c1ccc(Cl)nc1. The molecule has 5 heteroatoms. The highest BCUT2D eigenvalue weighted by molar-refractivity contribution is 6.29. The highest BCUT2D eigenvalue weighted by Gasteiger charge is 2.04. The number of hydrogen-bond donors (Lipinski definition) is 2. The van der Waals surface area contributed by atoms with E-state index >= 15 is 0 Å². The minimum Gasteiger partial charge on any atom is -0.396 e. The molecule has 0 aliphatic heterocycles. The summed E-state index contributed by atoms with van der Waals surface area (Å²) in [6.45, 7) is 1.07. The van der Waals surface area contributed by atoms with Crippen molar-refractivity contribution in [2.75, 3.05) is 13.2 Å². The van der Waals surface area contributed by atoms with E-state index in [0.717, 1.165) is 19.4 Å². The molecule has 0 fully saturated rings. The summed E-state index contributed by atoms with van der Waals surface area (Å²) in [7, 11) is 0. The zero-order valence-corrected chi connectivity index (χ0v) is 17.5. The second-order valence-electron chi connectivity index (χ2n) is 7.30. The van der Waals surface area contributed by atoms with Gasteiger partial charge in [-0.15, -0.1) is 0 Å². The quantitative estimate of drug-likeness (QED) is 0.254. The number of nitrogens with zero attached hydrogens (tertiary/aromatic N) is 1. The Kier molecular flexibility index (Phi) is 15.1. The first kappa shape index (κ1) is 23.9. The van der Waals surface area contributed by atoms with Crippen molar-refractivity contribution in [1.29, 1.82) is 0 Å². The van der Waals surface area contributed by atoms with Gasteiger partial charge in [0.1, 0.15) is 5.15 Å². The van der Waals surface area contributed by atoms with Crippen molar-refractivity contribution in [3.63, 3.8) is 0 Å². The van der Waals surface area contributed by atoms with Crippen LogP contribution in [0.2, 0.25) is 5.15 Å². The lowest BCUT2D eigenvalue weighted by Gasteiger charge is -2.05. The molecule has 0 atom stereocenters. The molecular formula is C22H37ClN2O2. The van der Waals surface area contributed by atoms with Crippen LogP contribution in [0.5, 0.6) is 0 Å². The Morgan fingerprint density at radius 2 is 1.30 bits per heavy atom. The normalized spacial score (nSPS) is 10.9. The lowest BCUT2D eigenvalue weighted by atomic mass is 10.0. The number of amides is 1. The van der Waals surface area contributed by atoms with Crippen molar-refractivity contribution < 1.29 is 9.90 Å². The summed E-state index contributed by atoms with van der Waals surface area (Å²) in [5.41, 5.74) is 0.560. The third-order valence-electron chi connectivity index (χ3n) is 4.86. The Labute approximate surface area is 170 Å². The first-order valence-electron chi connectivity index (χ1n) is 10.7. The fraction of sp³-hybridized carbons (Fsp3) is 0.727. The number of aliphatic hydroxyl groups excluding tert-OH is 1. The molecule has 0 saturated heterocycles. The lowest BCUT2D eigenvalue weighted by Crippen LogP contribution is -2.24. The van der Waals surface area contributed by atoms with E-state index in [0.29, 0.717) is 17.3 Å². The fourth-order valence-corrected chi connectivity index (χ4v) is 3.28. The van der Waals surface area contributed by atoms with Crippen LogP contribution in [-0.4, -0.2) is 29.1 Å². The molecule has 4 nitrogen and oxygen atoms in total. The number of rotatable bonds is 17. The van der Waals surface area contributed by atoms with Crippen LogP contribution in [0, 0.1) is 0 Å². The number of nitrogens with one attached hydrogen (secondary N) is 1. The van der Waals surface area contributed by atoms with Gasteiger partial charge in [0.25, 0.3) is 5.91 Å². The van der Waals surface area contributed by atoms with E-state index in [1.807, 2.05) is 0 Å². The summed E-state index contributed by atoms with van der Waals surface area (Å²) in [5, 5.41) is 12.1. The number of pyridine rings is 1. The number of hydrogen-bond acceptors (Lipinski definition) is 3. The number of carbonyl (C=O) groups is 1. The van der Waals surface area contributed by atoms with E-state index in [9.17, 15) is 4.79 Å². The molecule has 27 heavy (non-hydrogen) atoms. The van der Waals surface area contributed by atoms with Gasteiger partial charge in [-0.2, -0.15) is 0 Å². The molecule has 1 amide bonds. The van der Waals surface area contributed by atoms with E-state index in [1.54, 1.807) is 12.1 Å². The molecule has 1 heterocycles. The maximum Gasteiger partial charge on any atom is 0.252 e. The van der Waals surface area contributed by atoms with Crippen LogP contribution in [0.15, 0.2) is 18.3 Å². The van der Waals surface area contributed by atoms with E-state index < -0.39 is 0 Å². The predicted molar refractivity (Wildman–Crippen MR) is 113 cm³/mol. The van der Waals surface area contributed by atoms with E-state index in [4.69, 9.17) is 16.7 Å². The molecule has 0 spiro atoms. The summed E-state index contributed by atoms with van der Waals surface area (Å²) in [6, 6.07) is 3.33. The molecule has 0 bridgehead atoms. The molecule has 154 valence electrons. The maximum absolute atomic E-state index is 11.9. The van der Waals surface area contributed by atoms with Crippen molar-refractivity contribution in [2.45, 2.75) is 89.9 Å². The van der Waals surface area contributed by atoms with Crippen molar-refractivity contribution in [3.05, 3.63) is 29.0 Å². The van der Waals surface area contributed by atoms with Gasteiger partial charge in [0.15, 0.2) is 0 Å². The molecule has 2 N–H and O–H groups in total. The van der Waals surface area contributed by atoms with Crippen molar-refractivity contribution in [1.82, 2.24) is 10.3 Å². The largest absolute Gasteiger partial charge is 0.396 e. The lowest BCUT2D eigenvalue weighted by molar-refractivity contribution is 0.0952. The molecule has 1 aromatic heterocycles. The molecule has 0 saturated carbocycles. The number of unbranched alkanes of at least 4 members (excludes halogenated alkanes) is 13. The first-order valence-corrected chi connectivity index (χ1v) is 11.1. The van der Waals surface area contributed by atoms with Crippen LogP contribution in [0.3, 0.4) is 0 Å². The Bertz CT molecular complexity index is 480. The predicted octanol–water partition coefficient (Wildman–Crippen LogP) is 5.92. The summed E-state index contributed by atoms with van der Waals surface area (Å²) in [6.07, 6.45) is 19.1. The van der Waals surface area contributed by atoms with Gasteiger partial charge < -0.3 is 10.4 Å². The Balaban J connectivity index is 1.80. The second kappa shape index (κ2) is 17.0. The standard InChI is InChI=1S/C22H37ClN2O2/c23-21-16-15-20(19-25-21)22(27)24-17-13-11-9-7-5-3-1-2-4-6-8-10-12-14-18-26/h15-16,19,26H,1-14,17-18H2,(H,24,27). The van der Waals surface area contributed by atoms with Gasteiger partial charge >= 0.3 is 0 Å². The summed E-state index contributed by atoms with van der Waals surface area (Å²) in [5.74, 6) is -0.0763. The van der Waals surface area contributed by atoms with Gasteiger partial charge in [-0.3, -0.25) is 4.79 Å². The van der Waals surface area contributed by atoms with Crippen molar-refractivity contribution >= 4 is 17.5 Å². The average Bonchev–Trinajstić information content (AvgIpc) is 2.68. The van der Waals surface area contributed by atoms with Crippen molar-refractivity contribution in [3.8, 4) is 0 Å². The number of carbonyl (C=O) groups excluding carboxylic acids is 1. The van der Waals surface area contributed by atoms with E-state index in [-0.39, 0.29) is 5.91 Å². The van der Waals surface area contributed by atoms with E-state index in [2.05, 4.69) is 10.3 Å². The maximum atomic E-state index is 11.9. The smallest absolute Gasteiger partial charge is 0.252 e. The van der Waals surface area contributed by atoms with Gasteiger partial charge in [-0.05, 0) is 25.0 Å². The Morgan fingerprint density at radius 3 is 1.74 bits per heavy atom. The minimum absolute atomic E-state index is 0.0763. The first-order chi connectivity index (χ1) is 13.2. The summed E-state index contributed by atoms with van der Waals surface area (Å²) < 4.78 is 0. The van der Waals surface area contributed by atoms with Crippen LogP contribution in [0.1, 0.15) is 100 Å². The topological polar surface area (TPSA) is 62.2 Å². The molecule has 0 radical (unpaired) electrons. The molecule has 0 aliphatic rings. The minimum atomic E-state index is -0.0763. The van der Waals surface area contributed by atoms with Crippen LogP contribution < -0.4 is 5.32 Å². The fourth-order valence-electron chi connectivity index (χ4n) is 3.17. The van der Waals surface area contributed by atoms with Crippen LogP contribution in [-0.2, 0) is 0 Å². The molecule has 1 aromatic rings. The van der Waals surface area contributed by atoms with Crippen molar-refractivity contribution in [2.24, 2.45) is 0 Å². The second-order valence-corrected chi connectivity index (χ2v) is 7.69. The van der Waals surface area contributed by atoms with Gasteiger partial charge in [0.2, 0.25) is 0 Å². The monoisotopic (exact) mass is 396 g/mol. The van der Waals surface area contributed by atoms with Gasteiger partial charge in [0.05, 0.1) is 5.56 Å². The number of halogens is 1. The molecular weight excluding hydrogens is 360 g/mol. The van der Waals surface area contributed by atoms with Crippen LogP contribution in [0.25, 0.3) is 0 Å². The third kappa shape index (κ3) is 13.7. The summed E-state index contributed by atoms with van der Waals surface area (Å²) >= 11 is 5.72. The van der Waals surface area contributed by atoms with Gasteiger partial charge in [0, 0.05) is 19.3 Å². The Hall–Kier alpha value is -1.13. The Morgan fingerprint density at radius 1 is 0.815 bits per heavy atom. The highest BCUT2D eigenvalue weighted by Crippen LogP contribution is 2.13. The number of aromatic nitrogens is 1. The molecule has 0 aromatic carbocycles. The molecule has 0 aliphatic carbocycles. The summed E-state index contributed by atoms with van der Waals surface area (Å²) in [4.78, 5) is 15.8. The van der Waals surface area contributed by atoms with E-state index in [1.165, 1.54) is 83.2 Å². The molecule has 0 unspecified atom stereocenters. The van der Waals surface area contributed by atoms with Crippen LogP contribution >= 0.6 is 11.6 Å². The van der Waals surface area contributed by atoms with Gasteiger partial charge in [-0.25, -0.2) is 4.98 Å². The average molecular weight is 397 g/mol. The van der Waals surface area contributed by atoms with Crippen LogP contribution in [0.4, 0.5) is 0 Å². The third-order valence-corrected chi connectivity index (χ3v) is 5.08. The molecule has 1 rings (SSSR count). The zero-order chi connectivity index (χ0) is 19.6. The zero-order valence-electron chi connectivity index (χ0n) is 16.7. The number of aliphatic hydroxyl groups is 1. The van der Waals surface area contributed by atoms with Gasteiger partial charge in [-0.1, -0.05) is 88.7 Å².